The predicted octanol–water partition coefficient (Wildman–Crippen LogP) is 5.08. The third-order valence-corrected chi connectivity index (χ3v) is 1.85. The lowest BCUT2D eigenvalue weighted by molar-refractivity contribution is 0.547. The molecule has 0 aromatic heterocycles. The van der Waals surface area contributed by atoms with Crippen LogP contribution in [-0.4, -0.2) is 0 Å². The maximum absolute atomic E-state index is 2.23. The first kappa shape index (κ1) is 14.0. The number of benzene rings is 1. The lowest BCUT2D eigenvalue weighted by Gasteiger charge is -2.10. The first-order valence-electron chi connectivity index (χ1n) is 5.73. The van der Waals surface area contributed by atoms with E-state index in [1.54, 1.807) is 0 Å². The molecule has 0 aliphatic heterocycles. The van der Waals surface area contributed by atoms with Crippen molar-refractivity contribution in [3.05, 3.63) is 41.5 Å². The Morgan fingerprint density at radius 1 is 0.933 bits per heavy atom. The molecule has 0 saturated carbocycles. The lowest BCUT2D eigenvalue weighted by Crippen LogP contribution is -1.97. The first-order chi connectivity index (χ1) is 6.97. The lowest BCUT2D eigenvalue weighted by atomic mass is 9.95. The van der Waals surface area contributed by atoms with Crippen LogP contribution in [0.25, 0.3) is 6.08 Å². The quantitative estimate of drug-likeness (QED) is 0.598. The molecule has 0 spiro atoms. The Kier molecular flexibility index (Phi) is 6.00. The number of allylic oxidation sites excluding steroid dienone is 1. The minimum Gasteiger partial charge on any atom is -0.0785 e. The average molecular weight is 204 g/mol. The number of rotatable bonds is 1. The molecular weight excluding hydrogens is 180 g/mol. The molecule has 1 aromatic rings. The van der Waals surface area contributed by atoms with Crippen LogP contribution in [-0.2, 0) is 0 Å². The summed E-state index contributed by atoms with van der Waals surface area (Å²) in [5.74, 6) is 0. The number of aryl methyl sites for hydroxylation is 1. The predicted molar refractivity (Wildman–Crippen MR) is 71.0 cm³/mol. The van der Waals surface area contributed by atoms with Crippen LogP contribution in [0.1, 0.15) is 45.7 Å². The van der Waals surface area contributed by atoms with Gasteiger partial charge in [0, 0.05) is 0 Å². The van der Waals surface area contributed by atoms with Crippen molar-refractivity contribution in [3.63, 3.8) is 0 Å². The van der Waals surface area contributed by atoms with Gasteiger partial charge in [0.05, 0.1) is 0 Å². The van der Waals surface area contributed by atoms with E-state index >= 15 is 0 Å². The molecular formula is C15H24. The van der Waals surface area contributed by atoms with Gasteiger partial charge in [-0.15, -0.1) is 0 Å². The zero-order chi connectivity index (χ0) is 11.9. The van der Waals surface area contributed by atoms with E-state index in [-0.39, 0.29) is 5.41 Å². The maximum atomic E-state index is 2.23. The Labute approximate surface area is 95.0 Å². The van der Waals surface area contributed by atoms with E-state index < -0.39 is 0 Å². The van der Waals surface area contributed by atoms with Gasteiger partial charge < -0.3 is 0 Å². The van der Waals surface area contributed by atoms with Crippen molar-refractivity contribution in [1.82, 2.24) is 0 Å². The normalized spacial score (nSPS) is 11.1. The van der Waals surface area contributed by atoms with Crippen molar-refractivity contribution in [2.24, 2.45) is 5.41 Å². The van der Waals surface area contributed by atoms with Crippen LogP contribution < -0.4 is 0 Å². The van der Waals surface area contributed by atoms with Crippen molar-refractivity contribution < 1.29 is 0 Å². The first-order valence-corrected chi connectivity index (χ1v) is 5.73. The zero-order valence-corrected chi connectivity index (χ0v) is 11.0. The van der Waals surface area contributed by atoms with Crippen LogP contribution in [0, 0.1) is 12.3 Å². The summed E-state index contributed by atoms with van der Waals surface area (Å²) < 4.78 is 0. The van der Waals surface area contributed by atoms with Gasteiger partial charge >= 0.3 is 0 Å². The van der Waals surface area contributed by atoms with E-state index in [1.165, 1.54) is 11.1 Å². The second-order valence-corrected chi connectivity index (χ2v) is 4.61. The van der Waals surface area contributed by atoms with Crippen molar-refractivity contribution in [3.8, 4) is 0 Å². The fraction of sp³-hybridized carbons (Fsp3) is 0.467. The van der Waals surface area contributed by atoms with E-state index in [1.807, 2.05) is 13.8 Å². The van der Waals surface area contributed by atoms with Gasteiger partial charge in [-0.25, -0.2) is 0 Å². The fourth-order valence-electron chi connectivity index (χ4n) is 1.02. The number of hydrogen-bond acceptors (Lipinski definition) is 0. The van der Waals surface area contributed by atoms with Gasteiger partial charge in [0.2, 0.25) is 0 Å². The molecule has 0 atom stereocenters. The molecule has 0 unspecified atom stereocenters. The zero-order valence-electron chi connectivity index (χ0n) is 11.0. The van der Waals surface area contributed by atoms with Gasteiger partial charge in [-0.2, -0.15) is 0 Å². The molecule has 0 radical (unpaired) electrons. The van der Waals surface area contributed by atoms with Gasteiger partial charge in [-0.3, -0.25) is 0 Å². The van der Waals surface area contributed by atoms with Gasteiger partial charge in [0.25, 0.3) is 0 Å². The van der Waals surface area contributed by atoms with Crippen molar-refractivity contribution in [2.45, 2.75) is 41.5 Å². The van der Waals surface area contributed by atoms with Gasteiger partial charge in [0.15, 0.2) is 0 Å². The highest BCUT2D eigenvalue weighted by Crippen LogP contribution is 2.17. The Balaban J connectivity index is 0.000000921. The molecule has 0 N–H and O–H groups in total. The van der Waals surface area contributed by atoms with Crippen molar-refractivity contribution in [2.75, 3.05) is 0 Å². The van der Waals surface area contributed by atoms with Crippen LogP contribution in [0.15, 0.2) is 30.3 Å². The van der Waals surface area contributed by atoms with E-state index in [2.05, 4.69) is 64.1 Å². The Morgan fingerprint density at radius 2 is 1.40 bits per heavy atom. The minimum atomic E-state index is 0.269. The molecule has 1 rings (SSSR count). The molecule has 0 nitrogen and oxygen atoms in total. The molecule has 0 heterocycles. The van der Waals surface area contributed by atoms with Gasteiger partial charge in [0.1, 0.15) is 0 Å². The summed E-state index contributed by atoms with van der Waals surface area (Å²) in [6, 6.07) is 8.58. The molecule has 84 valence electrons. The summed E-state index contributed by atoms with van der Waals surface area (Å²) in [5.41, 5.74) is 2.86. The van der Waals surface area contributed by atoms with E-state index in [0.717, 1.165) is 0 Å². The fourth-order valence-corrected chi connectivity index (χ4v) is 1.02. The SMILES string of the molecule is CC.Cc1ccc(/C=C\C(C)(C)C)cc1. The summed E-state index contributed by atoms with van der Waals surface area (Å²) in [6.45, 7) is 12.7. The largest absolute Gasteiger partial charge is 0.0785 e. The summed E-state index contributed by atoms with van der Waals surface area (Å²) in [7, 11) is 0. The van der Waals surface area contributed by atoms with Crippen LogP contribution in [0.2, 0.25) is 0 Å². The molecule has 15 heavy (non-hydrogen) atoms. The third-order valence-electron chi connectivity index (χ3n) is 1.85. The summed E-state index contributed by atoms with van der Waals surface area (Å²) >= 11 is 0. The van der Waals surface area contributed by atoms with E-state index in [9.17, 15) is 0 Å². The highest BCUT2D eigenvalue weighted by atomic mass is 14.1. The third kappa shape index (κ3) is 6.96. The Bertz CT molecular complexity index is 283. The summed E-state index contributed by atoms with van der Waals surface area (Å²) in [5, 5.41) is 0. The van der Waals surface area contributed by atoms with Crippen LogP contribution in [0.4, 0.5) is 0 Å². The molecule has 0 heteroatoms. The Hall–Kier alpha value is -1.04. The Morgan fingerprint density at radius 3 is 1.80 bits per heavy atom. The highest BCUT2D eigenvalue weighted by molar-refractivity contribution is 5.50. The van der Waals surface area contributed by atoms with Crippen LogP contribution in [0.5, 0.6) is 0 Å². The van der Waals surface area contributed by atoms with Gasteiger partial charge in [-0.1, -0.05) is 76.6 Å². The van der Waals surface area contributed by atoms with Crippen LogP contribution >= 0.6 is 0 Å². The highest BCUT2D eigenvalue weighted by Gasteiger charge is 2.02. The molecule has 1 aromatic carbocycles. The molecule has 0 bridgehead atoms. The van der Waals surface area contributed by atoms with E-state index in [4.69, 9.17) is 0 Å². The molecule has 0 fully saturated rings. The average Bonchev–Trinajstić information content (AvgIpc) is 2.19. The molecule has 0 saturated heterocycles. The van der Waals surface area contributed by atoms with Crippen LogP contribution in [0.3, 0.4) is 0 Å². The minimum absolute atomic E-state index is 0.269. The molecule has 0 aliphatic rings. The van der Waals surface area contributed by atoms with E-state index in [0.29, 0.717) is 0 Å². The topological polar surface area (TPSA) is 0 Å². The maximum Gasteiger partial charge on any atom is -0.0200 e. The summed E-state index contributed by atoms with van der Waals surface area (Å²) in [4.78, 5) is 0. The number of hydrogen-bond donors (Lipinski definition) is 0. The van der Waals surface area contributed by atoms with Gasteiger partial charge in [-0.05, 0) is 17.9 Å². The second kappa shape index (κ2) is 6.44. The second-order valence-electron chi connectivity index (χ2n) is 4.61. The molecule has 0 amide bonds. The molecule has 0 aliphatic carbocycles. The summed E-state index contributed by atoms with van der Waals surface area (Å²) in [6.07, 6.45) is 4.41. The smallest absolute Gasteiger partial charge is 0.0200 e. The van der Waals surface area contributed by atoms with Crippen molar-refractivity contribution >= 4 is 6.08 Å². The van der Waals surface area contributed by atoms with Crippen molar-refractivity contribution in [1.29, 1.82) is 0 Å². The monoisotopic (exact) mass is 204 g/mol. The standard InChI is InChI=1S/C13H18.C2H6/c1-11-5-7-12(8-6-11)9-10-13(2,3)4;1-2/h5-10H,1-4H3;1-2H3/b10-9-;.